The van der Waals surface area contributed by atoms with Gasteiger partial charge in [-0.05, 0) is 31.9 Å². The number of hydrogen-bond donors (Lipinski definition) is 0. The molecule has 0 N–H and O–H groups in total. The van der Waals surface area contributed by atoms with E-state index in [0.717, 1.165) is 32.8 Å². The largest absolute Gasteiger partial charge is 0.379 e. The van der Waals surface area contributed by atoms with Gasteiger partial charge in [0.2, 0.25) is 0 Å². The van der Waals surface area contributed by atoms with Crippen molar-refractivity contribution in [1.29, 1.82) is 0 Å². The number of halogens is 2. The van der Waals surface area contributed by atoms with E-state index < -0.39 is 0 Å². The Labute approximate surface area is 127 Å². The van der Waals surface area contributed by atoms with Crippen LogP contribution in [0.1, 0.15) is 0 Å². The van der Waals surface area contributed by atoms with Crippen LogP contribution in [0.15, 0.2) is 18.5 Å². The quantitative estimate of drug-likeness (QED) is 0.742. The lowest BCUT2D eigenvalue weighted by molar-refractivity contribution is 0.0353. The second kappa shape index (κ2) is 6.34. The van der Waals surface area contributed by atoms with Crippen LogP contribution in [0.2, 0.25) is 0 Å². The summed E-state index contributed by atoms with van der Waals surface area (Å²) in [6.45, 7) is 4.37. The van der Waals surface area contributed by atoms with Crippen molar-refractivity contribution < 1.29 is 4.74 Å². The maximum absolute atomic E-state index is 12.1. The number of hydrogen-bond acceptors (Lipinski definition) is 4. The van der Waals surface area contributed by atoms with Gasteiger partial charge in [0.15, 0.2) is 0 Å². The molecule has 1 aromatic rings. The highest BCUT2D eigenvalue weighted by atomic mass is 79.9. The van der Waals surface area contributed by atoms with E-state index in [4.69, 9.17) is 4.74 Å². The van der Waals surface area contributed by atoms with Crippen LogP contribution in [0.25, 0.3) is 0 Å². The lowest BCUT2D eigenvalue weighted by Gasteiger charge is -2.27. The monoisotopic (exact) mass is 395 g/mol. The van der Waals surface area contributed by atoms with Crippen molar-refractivity contribution in [3.63, 3.8) is 0 Å². The minimum atomic E-state index is -0.228. The van der Waals surface area contributed by atoms with Crippen LogP contribution in [-0.4, -0.2) is 47.1 Å². The van der Waals surface area contributed by atoms with Crippen molar-refractivity contribution in [3.8, 4) is 0 Å². The average Bonchev–Trinajstić information content (AvgIpc) is 2.44. The zero-order valence-electron chi connectivity index (χ0n) is 10.6. The molecule has 6 nitrogen and oxygen atoms in total. The molecule has 106 valence electrons. The molecule has 8 heteroatoms. The molecular weight excluding hydrogens is 382 g/mol. The molecule has 1 aromatic heterocycles. The third-order valence-electron chi connectivity index (χ3n) is 3.19. The Morgan fingerprint density at radius 2 is 1.63 bits per heavy atom. The van der Waals surface area contributed by atoms with Crippen LogP contribution in [0.5, 0.6) is 0 Å². The zero-order valence-corrected chi connectivity index (χ0v) is 13.7. The van der Waals surface area contributed by atoms with Gasteiger partial charge in [0, 0.05) is 26.7 Å². The first-order valence-electron chi connectivity index (χ1n) is 5.97. The third kappa shape index (κ3) is 3.18. The Bertz CT molecular complexity index is 576. The molecule has 2 heterocycles. The topological polar surface area (TPSA) is 56.5 Å². The normalized spacial score (nSPS) is 16.8. The summed E-state index contributed by atoms with van der Waals surface area (Å²) in [6, 6.07) is 0. The molecule has 0 aliphatic carbocycles. The van der Waals surface area contributed by atoms with E-state index in [9.17, 15) is 9.59 Å². The molecule has 0 amide bonds. The first-order chi connectivity index (χ1) is 9.02. The molecule has 19 heavy (non-hydrogen) atoms. The number of ether oxygens (including phenoxy) is 1. The molecule has 2 rings (SSSR count). The summed E-state index contributed by atoms with van der Waals surface area (Å²) in [6.07, 6.45) is 0. The minimum Gasteiger partial charge on any atom is -0.379 e. The van der Waals surface area contributed by atoms with Gasteiger partial charge in [-0.1, -0.05) is 0 Å². The van der Waals surface area contributed by atoms with Crippen LogP contribution in [-0.2, 0) is 18.3 Å². The first kappa shape index (κ1) is 15.0. The zero-order chi connectivity index (χ0) is 14.0. The van der Waals surface area contributed by atoms with Gasteiger partial charge in [0.25, 0.3) is 11.1 Å². The van der Waals surface area contributed by atoms with E-state index in [1.54, 1.807) is 7.05 Å². The standard InChI is InChI=1S/C11H15Br2N3O3/c1-14-10(17)8(12)9(13)11(18)16(14)3-2-15-4-6-19-7-5-15/h2-7H2,1H3. The summed E-state index contributed by atoms with van der Waals surface area (Å²) in [5, 5.41) is 0. The van der Waals surface area contributed by atoms with E-state index >= 15 is 0 Å². The Kier molecular flexibility index (Phi) is 4.99. The van der Waals surface area contributed by atoms with Crippen molar-refractivity contribution in [2.75, 3.05) is 32.8 Å². The molecule has 0 radical (unpaired) electrons. The van der Waals surface area contributed by atoms with Crippen LogP contribution in [0.4, 0.5) is 0 Å². The van der Waals surface area contributed by atoms with E-state index in [1.807, 2.05) is 0 Å². The molecule has 0 spiro atoms. The fraction of sp³-hybridized carbons (Fsp3) is 0.636. The summed E-state index contributed by atoms with van der Waals surface area (Å²) in [4.78, 5) is 26.2. The molecule has 0 bridgehead atoms. The molecule has 0 atom stereocenters. The van der Waals surface area contributed by atoms with Gasteiger partial charge in [-0.15, -0.1) is 0 Å². The SMILES string of the molecule is Cn1c(=O)c(Br)c(Br)c(=O)n1CCN1CCOCC1. The fourth-order valence-electron chi connectivity index (χ4n) is 2.00. The maximum atomic E-state index is 12.1. The number of morpholine rings is 1. The minimum absolute atomic E-state index is 0.206. The summed E-state index contributed by atoms with van der Waals surface area (Å²) in [5.74, 6) is 0. The predicted octanol–water partition coefficient (Wildman–Crippen LogP) is 0.404. The van der Waals surface area contributed by atoms with Gasteiger partial charge in [-0.2, -0.15) is 0 Å². The smallest absolute Gasteiger partial charge is 0.280 e. The second-order valence-electron chi connectivity index (χ2n) is 4.34. The molecule has 0 saturated carbocycles. The predicted molar refractivity (Wildman–Crippen MR) is 78.6 cm³/mol. The maximum Gasteiger partial charge on any atom is 0.280 e. The van der Waals surface area contributed by atoms with Gasteiger partial charge >= 0.3 is 0 Å². The van der Waals surface area contributed by atoms with Crippen LogP contribution < -0.4 is 11.1 Å². The summed E-state index contributed by atoms with van der Waals surface area (Å²) in [5.41, 5.74) is -0.435. The molecule has 1 aliphatic heterocycles. The van der Waals surface area contributed by atoms with Gasteiger partial charge in [-0.3, -0.25) is 14.5 Å². The van der Waals surface area contributed by atoms with Crippen molar-refractivity contribution in [2.24, 2.45) is 7.05 Å². The average molecular weight is 397 g/mol. The second-order valence-corrected chi connectivity index (χ2v) is 5.93. The fourth-order valence-corrected chi connectivity index (χ4v) is 2.80. The Morgan fingerprint density at radius 3 is 2.26 bits per heavy atom. The van der Waals surface area contributed by atoms with Crippen molar-refractivity contribution in [3.05, 3.63) is 29.7 Å². The Morgan fingerprint density at radius 1 is 1.05 bits per heavy atom. The van der Waals surface area contributed by atoms with Gasteiger partial charge < -0.3 is 4.74 Å². The van der Waals surface area contributed by atoms with E-state index in [2.05, 4.69) is 36.8 Å². The first-order valence-corrected chi connectivity index (χ1v) is 7.56. The van der Waals surface area contributed by atoms with Crippen molar-refractivity contribution in [1.82, 2.24) is 14.3 Å². The summed E-state index contributed by atoms with van der Waals surface area (Å²) in [7, 11) is 1.60. The lowest BCUT2D eigenvalue weighted by atomic mass is 10.4. The number of rotatable bonds is 3. The van der Waals surface area contributed by atoms with Crippen LogP contribution in [0.3, 0.4) is 0 Å². The Hall–Kier alpha value is -0.440. The molecule has 1 aliphatic rings. The molecule has 1 saturated heterocycles. The van der Waals surface area contributed by atoms with Gasteiger partial charge in [0.05, 0.1) is 19.8 Å². The van der Waals surface area contributed by atoms with Gasteiger partial charge in [-0.25, -0.2) is 9.36 Å². The molecule has 1 fully saturated rings. The highest BCUT2D eigenvalue weighted by Crippen LogP contribution is 2.13. The van der Waals surface area contributed by atoms with E-state index in [1.165, 1.54) is 9.36 Å². The highest BCUT2D eigenvalue weighted by molar-refractivity contribution is 9.13. The molecule has 0 aromatic carbocycles. The van der Waals surface area contributed by atoms with Crippen molar-refractivity contribution >= 4 is 31.9 Å². The summed E-state index contributed by atoms with van der Waals surface area (Å²) < 4.78 is 8.61. The number of aromatic nitrogens is 2. The van der Waals surface area contributed by atoms with E-state index in [-0.39, 0.29) is 20.1 Å². The van der Waals surface area contributed by atoms with Crippen molar-refractivity contribution in [2.45, 2.75) is 6.54 Å². The molecular formula is C11H15Br2N3O3. The third-order valence-corrected chi connectivity index (χ3v) is 5.19. The van der Waals surface area contributed by atoms with Gasteiger partial charge in [0.1, 0.15) is 8.95 Å². The highest BCUT2D eigenvalue weighted by Gasteiger charge is 2.15. The van der Waals surface area contributed by atoms with Crippen LogP contribution in [0, 0.1) is 0 Å². The molecule has 0 unspecified atom stereocenters. The summed E-state index contributed by atoms with van der Waals surface area (Å²) >= 11 is 6.28. The van der Waals surface area contributed by atoms with E-state index in [0.29, 0.717) is 6.54 Å². The number of nitrogens with zero attached hydrogens (tertiary/aromatic N) is 3. The van der Waals surface area contributed by atoms with Crippen LogP contribution >= 0.6 is 31.9 Å². The Balaban J connectivity index is 2.20. The lowest BCUT2D eigenvalue weighted by Crippen LogP contribution is -2.43.